The first-order valence-electron chi connectivity index (χ1n) is 18.3. The lowest BCUT2D eigenvalue weighted by Crippen LogP contribution is -2.41. The van der Waals surface area contributed by atoms with Crippen LogP contribution in [-0.2, 0) is 33.3 Å². The molecular formula is C35H61N2O11P. The molecule has 3 amide bonds. The molecule has 1 aliphatic heterocycles. The van der Waals surface area contributed by atoms with Gasteiger partial charge in [-0.1, -0.05) is 97.3 Å². The molecule has 1 saturated heterocycles. The Balaban J connectivity index is 2.03. The number of ketones is 1. The van der Waals surface area contributed by atoms with Gasteiger partial charge in [0.15, 0.2) is 5.66 Å². The van der Waals surface area contributed by atoms with E-state index in [-0.39, 0.29) is 67.4 Å². The third-order valence-electron chi connectivity index (χ3n) is 9.34. The number of likely N-dealkylation sites (tertiary alicyclic amines) is 1. The Hall–Kier alpha value is -2.63. The third-order valence-corrected chi connectivity index (χ3v) is 10.6. The first-order chi connectivity index (χ1) is 23.1. The minimum absolute atomic E-state index is 0.00562. The zero-order valence-corrected chi connectivity index (χ0v) is 30.5. The molecule has 0 spiro atoms. The van der Waals surface area contributed by atoms with E-state index in [1.54, 1.807) is 0 Å². The lowest BCUT2D eigenvalue weighted by Gasteiger charge is -2.16. The van der Waals surface area contributed by atoms with E-state index >= 15 is 0 Å². The number of rotatable bonds is 30. The molecule has 1 heterocycles. The summed E-state index contributed by atoms with van der Waals surface area (Å²) in [4.78, 5) is 91.2. The minimum Gasteiger partial charge on any atom is -0.481 e. The average Bonchev–Trinajstić information content (AvgIpc) is 3.30. The Morgan fingerprint density at radius 1 is 0.714 bits per heavy atom. The Morgan fingerprint density at radius 3 is 1.67 bits per heavy atom. The summed E-state index contributed by atoms with van der Waals surface area (Å²) in [5.74, 6) is -3.36. The zero-order valence-electron chi connectivity index (χ0n) is 29.6. The maximum atomic E-state index is 12.4. The van der Waals surface area contributed by atoms with Crippen LogP contribution in [0, 0.1) is 11.8 Å². The number of nitrogens with zero attached hydrogens (tertiary/aromatic N) is 1. The van der Waals surface area contributed by atoms with Gasteiger partial charge in [-0.25, -0.2) is 4.79 Å². The van der Waals surface area contributed by atoms with E-state index < -0.39 is 31.2 Å². The van der Waals surface area contributed by atoms with Crippen molar-refractivity contribution in [3.05, 3.63) is 0 Å². The molecule has 282 valence electrons. The number of aliphatic carboxylic acids is 2. The molecule has 0 bridgehead atoms. The van der Waals surface area contributed by atoms with Crippen LogP contribution in [-0.4, -0.2) is 78.6 Å². The van der Waals surface area contributed by atoms with Crippen molar-refractivity contribution in [1.82, 2.24) is 10.2 Å². The zero-order chi connectivity index (χ0) is 36.8. The summed E-state index contributed by atoms with van der Waals surface area (Å²) in [5, 5.41) is 21.0. The van der Waals surface area contributed by atoms with E-state index in [0.29, 0.717) is 45.1 Å². The van der Waals surface area contributed by atoms with Gasteiger partial charge in [-0.15, -0.1) is 0 Å². The van der Waals surface area contributed by atoms with Gasteiger partial charge in [-0.2, -0.15) is 0 Å². The standard InChI is InChI=1S/C35H61N2O11P/c1-26(2)28-25-32(40)37(33(28)41)24-18-14-15-19-27(38)22-23-29(34(42)43)36-31(39)21-17-13-11-9-7-5-3-4-6-8-10-12-16-20-30(35(44)45)49(46,47)48/h26,28-30H,3-25H2,1-2H3,(H,36,39)(H,42,43)(H,44,45)(H2,46,47,48). The molecule has 0 radical (unpaired) electrons. The minimum atomic E-state index is -4.61. The van der Waals surface area contributed by atoms with Crippen LogP contribution in [0.1, 0.15) is 155 Å². The molecule has 0 aromatic rings. The summed E-state index contributed by atoms with van der Waals surface area (Å²) in [6, 6.07) is -1.10. The molecule has 3 atom stereocenters. The predicted molar refractivity (Wildman–Crippen MR) is 185 cm³/mol. The third kappa shape index (κ3) is 19.4. The van der Waals surface area contributed by atoms with E-state index in [1.165, 1.54) is 4.90 Å². The topological polar surface area (TPSA) is 216 Å². The van der Waals surface area contributed by atoms with Gasteiger partial charge in [0.2, 0.25) is 17.7 Å². The largest absolute Gasteiger partial charge is 0.481 e. The SMILES string of the molecule is CC(C)C1CC(=O)N(CCCCCC(=O)CCC(NC(=O)CCCCCCCCCCCCCCCC(C(=O)O)P(=O)(O)O)C(=O)O)C1=O. The first kappa shape index (κ1) is 44.4. The highest BCUT2D eigenvalue weighted by Crippen LogP contribution is 2.43. The van der Waals surface area contributed by atoms with Crippen molar-refractivity contribution in [3.8, 4) is 0 Å². The highest BCUT2D eigenvalue weighted by molar-refractivity contribution is 7.53. The normalized spacial score (nSPS) is 16.3. The number of nitrogens with one attached hydrogen (secondary N) is 1. The Morgan fingerprint density at radius 2 is 1.20 bits per heavy atom. The summed E-state index contributed by atoms with van der Waals surface area (Å²) in [7, 11) is -4.61. The number of carbonyl (C=O) groups is 6. The molecule has 13 nitrogen and oxygen atoms in total. The molecule has 0 aliphatic carbocycles. The fourth-order valence-corrected chi connectivity index (χ4v) is 7.00. The van der Waals surface area contributed by atoms with Crippen LogP contribution in [0.5, 0.6) is 0 Å². The number of hydrogen-bond acceptors (Lipinski definition) is 7. The summed E-state index contributed by atoms with van der Waals surface area (Å²) in [6.07, 6.45) is 15.2. The summed E-state index contributed by atoms with van der Waals surface area (Å²) in [6.45, 7) is 4.23. The van der Waals surface area contributed by atoms with Gasteiger partial charge in [-0.05, 0) is 38.0 Å². The fraction of sp³-hybridized carbons (Fsp3) is 0.829. The number of amides is 3. The first-order valence-corrected chi connectivity index (χ1v) is 20.0. The highest BCUT2D eigenvalue weighted by atomic mass is 31.2. The van der Waals surface area contributed by atoms with Crippen molar-refractivity contribution in [2.45, 2.75) is 167 Å². The van der Waals surface area contributed by atoms with Gasteiger partial charge in [0.05, 0.1) is 0 Å². The van der Waals surface area contributed by atoms with Gasteiger partial charge in [-0.3, -0.25) is 33.4 Å². The second kappa shape index (κ2) is 24.5. The van der Waals surface area contributed by atoms with Crippen molar-refractivity contribution in [2.24, 2.45) is 11.8 Å². The van der Waals surface area contributed by atoms with Crippen molar-refractivity contribution in [1.29, 1.82) is 0 Å². The van der Waals surface area contributed by atoms with Gasteiger partial charge < -0.3 is 25.3 Å². The molecular weight excluding hydrogens is 655 g/mol. The van der Waals surface area contributed by atoms with Gasteiger partial charge in [0.1, 0.15) is 11.8 Å². The average molecular weight is 717 g/mol. The number of carboxylic acids is 2. The van der Waals surface area contributed by atoms with Crippen molar-refractivity contribution < 1.29 is 53.3 Å². The number of unbranched alkanes of at least 4 members (excludes halogenated alkanes) is 14. The van der Waals surface area contributed by atoms with E-state index in [9.17, 15) is 38.4 Å². The molecule has 0 aromatic carbocycles. The van der Waals surface area contributed by atoms with E-state index in [2.05, 4.69) is 5.32 Å². The molecule has 1 aliphatic rings. The Bertz CT molecular complexity index is 1110. The lowest BCUT2D eigenvalue weighted by molar-refractivity contribution is -0.142. The van der Waals surface area contributed by atoms with Crippen LogP contribution in [0.25, 0.3) is 0 Å². The quantitative estimate of drug-likeness (QED) is 0.0331. The monoisotopic (exact) mass is 716 g/mol. The Kier molecular flexibility index (Phi) is 22.2. The van der Waals surface area contributed by atoms with Crippen LogP contribution in [0.15, 0.2) is 0 Å². The van der Waals surface area contributed by atoms with Crippen molar-refractivity contribution in [3.63, 3.8) is 0 Å². The van der Waals surface area contributed by atoms with Crippen molar-refractivity contribution >= 4 is 43.0 Å². The molecule has 49 heavy (non-hydrogen) atoms. The number of carbonyl (C=O) groups excluding carboxylic acids is 4. The lowest BCUT2D eigenvalue weighted by atomic mass is 9.94. The summed E-state index contributed by atoms with van der Waals surface area (Å²) < 4.78 is 11.2. The molecule has 0 saturated carbocycles. The second-order valence-corrected chi connectivity index (χ2v) is 15.7. The smallest absolute Gasteiger partial charge is 0.339 e. The van der Waals surface area contributed by atoms with Crippen LogP contribution < -0.4 is 5.32 Å². The molecule has 14 heteroatoms. The maximum absolute atomic E-state index is 12.4. The fourth-order valence-electron chi connectivity index (χ4n) is 6.19. The van der Waals surface area contributed by atoms with Crippen LogP contribution in [0.4, 0.5) is 0 Å². The number of hydrogen-bond donors (Lipinski definition) is 5. The van der Waals surface area contributed by atoms with Crippen molar-refractivity contribution in [2.75, 3.05) is 6.54 Å². The summed E-state index contributed by atoms with van der Waals surface area (Å²) in [5.41, 5.74) is -1.61. The molecule has 0 aromatic heterocycles. The number of carboxylic acid groups (broad SMARTS) is 2. The predicted octanol–water partition coefficient (Wildman–Crippen LogP) is 5.98. The molecule has 1 rings (SSSR count). The van der Waals surface area contributed by atoms with E-state index in [0.717, 1.165) is 70.6 Å². The molecule has 3 unspecified atom stereocenters. The number of Topliss-reactive ketones (excluding diaryl/α,β-unsaturated/α-hetero) is 1. The van der Waals surface area contributed by atoms with Crippen LogP contribution in [0.3, 0.4) is 0 Å². The number of imide groups is 1. The van der Waals surface area contributed by atoms with E-state index in [4.69, 9.17) is 14.9 Å². The summed E-state index contributed by atoms with van der Waals surface area (Å²) >= 11 is 0. The maximum Gasteiger partial charge on any atom is 0.339 e. The molecule has 5 N–H and O–H groups in total. The highest BCUT2D eigenvalue weighted by Gasteiger charge is 2.39. The van der Waals surface area contributed by atoms with Crippen LogP contribution in [0.2, 0.25) is 0 Å². The molecule has 1 fully saturated rings. The van der Waals surface area contributed by atoms with Gasteiger partial charge in [0, 0.05) is 38.1 Å². The second-order valence-electron chi connectivity index (χ2n) is 13.9. The van der Waals surface area contributed by atoms with E-state index in [1.807, 2.05) is 13.8 Å². The Labute approximate surface area is 291 Å². The van der Waals surface area contributed by atoms with Gasteiger partial charge >= 0.3 is 19.5 Å². The van der Waals surface area contributed by atoms with Crippen LogP contribution >= 0.6 is 7.60 Å². The van der Waals surface area contributed by atoms with Gasteiger partial charge in [0.25, 0.3) is 0 Å².